The number of nitrogens with zero attached hydrogens (tertiary/aromatic N) is 3. The first kappa shape index (κ1) is 22.5. The molecule has 2 aromatic heterocycles. The van der Waals surface area contributed by atoms with Gasteiger partial charge in [-0.25, -0.2) is 4.98 Å². The van der Waals surface area contributed by atoms with Gasteiger partial charge in [0, 0.05) is 49.9 Å². The molecule has 7 nitrogen and oxygen atoms in total. The van der Waals surface area contributed by atoms with Crippen molar-refractivity contribution in [3.63, 3.8) is 0 Å². The molecule has 0 spiro atoms. The van der Waals surface area contributed by atoms with Crippen LogP contribution in [0.3, 0.4) is 0 Å². The minimum absolute atomic E-state index is 0.0690. The molecule has 7 heteroatoms. The lowest BCUT2D eigenvalue weighted by Gasteiger charge is -2.38. The number of hydrogen-bond donors (Lipinski definition) is 2. The van der Waals surface area contributed by atoms with E-state index in [1.165, 1.54) is 0 Å². The van der Waals surface area contributed by atoms with E-state index < -0.39 is 0 Å². The van der Waals surface area contributed by atoms with E-state index >= 15 is 0 Å². The van der Waals surface area contributed by atoms with Gasteiger partial charge >= 0.3 is 0 Å². The van der Waals surface area contributed by atoms with Crippen LogP contribution in [-0.4, -0.2) is 60.0 Å². The molecule has 2 saturated heterocycles. The van der Waals surface area contributed by atoms with Crippen molar-refractivity contribution in [2.75, 3.05) is 38.1 Å². The zero-order valence-electron chi connectivity index (χ0n) is 19.5. The minimum atomic E-state index is -0.140. The number of nitrogens with one attached hydrogen (secondary N) is 2. The average Bonchev–Trinajstić information content (AvgIpc) is 3.33. The Morgan fingerprint density at radius 3 is 2.53 bits per heavy atom. The number of aryl methyl sites for hydroxylation is 2. The second-order valence-electron chi connectivity index (χ2n) is 8.92. The fourth-order valence-corrected chi connectivity index (χ4v) is 5.18. The molecule has 2 aliphatic heterocycles. The normalized spacial score (nSPS) is 20.0. The molecular weight excluding hydrogens is 402 g/mol. The maximum absolute atomic E-state index is 12.2. The number of amides is 1. The van der Waals surface area contributed by atoms with Crippen LogP contribution in [0, 0.1) is 0 Å². The van der Waals surface area contributed by atoms with Crippen LogP contribution >= 0.6 is 0 Å². The Kier molecular flexibility index (Phi) is 6.94. The summed E-state index contributed by atoms with van der Waals surface area (Å²) in [5, 5.41) is 2.65. The monoisotopic (exact) mass is 437 g/mol. The lowest BCUT2D eigenvalue weighted by Crippen LogP contribution is -2.44. The van der Waals surface area contributed by atoms with E-state index in [9.17, 15) is 9.59 Å². The van der Waals surface area contributed by atoms with Crippen LogP contribution in [0.4, 0.5) is 5.69 Å². The third kappa shape index (κ3) is 4.58. The lowest BCUT2D eigenvalue weighted by atomic mass is 10.0. The summed E-state index contributed by atoms with van der Waals surface area (Å²) < 4.78 is 0. The number of pyridine rings is 2. The summed E-state index contributed by atoms with van der Waals surface area (Å²) in [6, 6.07) is 8.57. The van der Waals surface area contributed by atoms with E-state index in [2.05, 4.69) is 44.1 Å². The Morgan fingerprint density at radius 2 is 1.88 bits per heavy atom. The summed E-state index contributed by atoms with van der Waals surface area (Å²) in [5.41, 5.74) is 4.65. The van der Waals surface area contributed by atoms with Crippen molar-refractivity contribution in [3.05, 3.63) is 57.3 Å². The van der Waals surface area contributed by atoms with Crippen LogP contribution in [-0.2, 0) is 12.8 Å². The highest BCUT2D eigenvalue weighted by atomic mass is 16.1. The first-order valence-corrected chi connectivity index (χ1v) is 12.0. The van der Waals surface area contributed by atoms with Crippen molar-refractivity contribution < 1.29 is 4.79 Å². The second-order valence-corrected chi connectivity index (χ2v) is 8.92. The van der Waals surface area contributed by atoms with E-state index in [1.54, 1.807) is 7.05 Å². The number of aromatic amines is 1. The second kappa shape index (κ2) is 9.86. The highest BCUT2D eigenvalue weighted by molar-refractivity contribution is 5.92. The van der Waals surface area contributed by atoms with Crippen molar-refractivity contribution in [1.29, 1.82) is 0 Å². The number of carbonyl (C=O) groups excluding carboxylic acids is 1. The predicted molar refractivity (Wildman–Crippen MR) is 128 cm³/mol. The quantitative estimate of drug-likeness (QED) is 0.726. The van der Waals surface area contributed by atoms with Gasteiger partial charge in [-0.1, -0.05) is 19.9 Å². The molecule has 2 aromatic rings. The van der Waals surface area contributed by atoms with E-state index in [4.69, 9.17) is 0 Å². The number of carbonyl (C=O) groups is 1. The smallest absolute Gasteiger partial charge is 0.269 e. The van der Waals surface area contributed by atoms with Crippen LogP contribution in [0.1, 0.15) is 66.5 Å². The Bertz CT molecular complexity index is 1010. The highest BCUT2D eigenvalue weighted by Crippen LogP contribution is 2.31. The van der Waals surface area contributed by atoms with Gasteiger partial charge in [0.1, 0.15) is 5.69 Å². The molecule has 1 atom stereocenters. The van der Waals surface area contributed by atoms with Gasteiger partial charge in [-0.3, -0.25) is 14.5 Å². The number of aromatic nitrogens is 2. The summed E-state index contributed by atoms with van der Waals surface area (Å²) in [4.78, 5) is 36.9. The molecule has 0 aromatic carbocycles. The van der Waals surface area contributed by atoms with Gasteiger partial charge in [0.2, 0.25) is 0 Å². The standard InChI is InChI=1S/C25H35N5O2/c1-4-17-6-7-21(28-24(17)31)18-10-13-30(16-18)19-11-14-29(15-12-19)23-9-8-22(25(32)26-3)27-20(23)5-2/h6-9,18-19H,4-5,10-16H2,1-3H3,(H,26,32)(H,28,31). The van der Waals surface area contributed by atoms with Gasteiger partial charge in [0.25, 0.3) is 11.5 Å². The third-order valence-electron chi connectivity index (χ3n) is 7.12. The number of likely N-dealkylation sites (tertiary alicyclic amines) is 1. The number of H-pyrrole nitrogens is 1. The summed E-state index contributed by atoms with van der Waals surface area (Å²) in [6.45, 7) is 8.23. The molecule has 4 heterocycles. The molecule has 172 valence electrons. The minimum Gasteiger partial charge on any atom is -0.370 e. The molecular formula is C25H35N5O2. The van der Waals surface area contributed by atoms with Gasteiger partial charge in [0.15, 0.2) is 0 Å². The predicted octanol–water partition coefficient (Wildman–Crippen LogP) is 2.71. The molecule has 0 bridgehead atoms. The third-order valence-corrected chi connectivity index (χ3v) is 7.12. The van der Waals surface area contributed by atoms with Gasteiger partial charge in [-0.2, -0.15) is 0 Å². The number of hydrogen-bond acceptors (Lipinski definition) is 5. The number of piperidine rings is 1. The van der Waals surface area contributed by atoms with E-state index in [0.29, 0.717) is 17.7 Å². The van der Waals surface area contributed by atoms with Gasteiger partial charge in [0.05, 0.1) is 11.4 Å². The van der Waals surface area contributed by atoms with Crippen molar-refractivity contribution in [1.82, 2.24) is 20.2 Å². The van der Waals surface area contributed by atoms with Crippen LogP contribution in [0.25, 0.3) is 0 Å². The number of rotatable bonds is 6. The van der Waals surface area contributed by atoms with Gasteiger partial charge in [-0.05, 0) is 56.8 Å². The average molecular weight is 438 g/mol. The van der Waals surface area contributed by atoms with Crippen molar-refractivity contribution in [2.45, 2.75) is 57.9 Å². The van der Waals surface area contributed by atoms with E-state index in [0.717, 1.165) is 80.9 Å². The topological polar surface area (TPSA) is 81.3 Å². The van der Waals surface area contributed by atoms with E-state index in [1.807, 2.05) is 19.1 Å². The van der Waals surface area contributed by atoms with Crippen LogP contribution < -0.4 is 15.8 Å². The molecule has 1 amide bonds. The molecule has 0 aliphatic carbocycles. The maximum Gasteiger partial charge on any atom is 0.269 e. The molecule has 2 N–H and O–H groups in total. The zero-order valence-corrected chi connectivity index (χ0v) is 19.5. The van der Waals surface area contributed by atoms with Gasteiger partial charge < -0.3 is 15.2 Å². The maximum atomic E-state index is 12.2. The molecule has 1 unspecified atom stereocenters. The molecule has 32 heavy (non-hydrogen) atoms. The summed E-state index contributed by atoms with van der Waals surface area (Å²) in [5.74, 6) is 0.277. The van der Waals surface area contributed by atoms with Crippen molar-refractivity contribution >= 4 is 11.6 Å². The van der Waals surface area contributed by atoms with Crippen LogP contribution in [0.2, 0.25) is 0 Å². The summed E-state index contributed by atoms with van der Waals surface area (Å²) >= 11 is 0. The van der Waals surface area contributed by atoms with Gasteiger partial charge in [-0.15, -0.1) is 0 Å². The Balaban J connectivity index is 1.37. The SMILES string of the molecule is CCc1nc(C(=O)NC)ccc1N1CCC(N2CCC(c3ccc(CC)c(=O)[nH]3)C2)CC1. The first-order chi connectivity index (χ1) is 15.5. The Hall–Kier alpha value is -2.67. The van der Waals surface area contributed by atoms with Crippen molar-refractivity contribution in [2.24, 2.45) is 0 Å². The van der Waals surface area contributed by atoms with Crippen LogP contribution in [0.5, 0.6) is 0 Å². The summed E-state index contributed by atoms with van der Waals surface area (Å²) in [7, 11) is 1.63. The Labute approximate surface area is 190 Å². The van der Waals surface area contributed by atoms with Crippen molar-refractivity contribution in [3.8, 4) is 0 Å². The molecule has 2 aliphatic rings. The Morgan fingerprint density at radius 1 is 1.09 bits per heavy atom. The fourth-order valence-electron chi connectivity index (χ4n) is 5.18. The highest BCUT2D eigenvalue weighted by Gasteiger charge is 2.32. The molecule has 2 fully saturated rings. The van der Waals surface area contributed by atoms with Crippen LogP contribution in [0.15, 0.2) is 29.1 Å². The van der Waals surface area contributed by atoms with E-state index in [-0.39, 0.29) is 11.5 Å². The largest absolute Gasteiger partial charge is 0.370 e. The fraction of sp³-hybridized carbons (Fsp3) is 0.560. The lowest BCUT2D eigenvalue weighted by molar-refractivity contribution is 0.0958. The molecule has 4 rings (SSSR count). The molecule has 0 saturated carbocycles. The number of anilines is 1. The zero-order chi connectivity index (χ0) is 22.7. The molecule has 0 radical (unpaired) electrons. The first-order valence-electron chi connectivity index (χ1n) is 12.0. The summed E-state index contributed by atoms with van der Waals surface area (Å²) in [6.07, 6.45) is 4.93.